The number of aromatic nitrogens is 3. The lowest BCUT2D eigenvalue weighted by Gasteiger charge is -2.15. The van der Waals surface area contributed by atoms with E-state index in [0.29, 0.717) is 16.4 Å². The molecule has 25 heavy (non-hydrogen) atoms. The molecule has 126 valence electrons. The van der Waals surface area contributed by atoms with Gasteiger partial charge in [-0.1, -0.05) is 23.7 Å². The number of hydrogen-bond donors (Lipinski definition) is 1. The van der Waals surface area contributed by atoms with E-state index in [0.717, 1.165) is 10.2 Å². The van der Waals surface area contributed by atoms with E-state index in [9.17, 15) is 9.59 Å². The summed E-state index contributed by atoms with van der Waals surface area (Å²) in [4.78, 5) is 28.7. The predicted octanol–water partition coefficient (Wildman–Crippen LogP) is 3.16. The molecule has 1 N–H and O–H groups in total. The van der Waals surface area contributed by atoms with Crippen molar-refractivity contribution in [2.75, 3.05) is 5.32 Å². The summed E-state index contributed by atoms with van der Waals surface area (Å²) in [5.74, 6) is -0.383. The average molecular weight is 355 g/mol. The van der Waals surface area contributed by atoms with Crippen LogP contribution in [-0.2, 0) is 4.79 Å². The Balaban J connectivity index is 1.89. The maximum Gasteiger partial charge on any atom is 0.267 e. The molecule has 1 unspecified atom stereocenters. The molecule has 1 aromatic carbocycles. The second-order valence-electron chi connectivity index (χ2n) is 5.39. The number of rotatable bonds is 4. The quantitative estimate of drug-likeness (QED) is 0.780. The molecule has 3 aromatic rings. The van der Waals surface area contributed by atoms with Crippen LogP contribution in [0.25, 0.3) is 11.3 Å². The van der Waals surface area contributed by atoms with Gasteiger partial charge in [-0.3, -0.25) is 14.6 Å². The van der Waals surface area contributed by atoms with Gasteiger partial charge in [-0.25, -0.2) is 4.68 Å². The molecule has 0 saturated heterocycles. The fourth-order valence-corrected chi connectivity index (χ4v) is 2.46. The average Bonchev–Trinajstić information content (AvgIpc) is 2.64. The number of hydrogen-bond acceptors (Lipinski definition) is 4. The third-order valence-corrected chi connectivity index (χ3v) is 3.99. The van der Waals surface area contributed by atoms with Crippen molar-refractivity contribution in [2.24, 2.45) is 0 Å². The van der Waals surface area contributed by atoms with Crippen LogP contribution in [0.3, 0.4) is 0 Å². The molecule has 0 fully saturated rings. The molecule has 0 aliphatic carbocycles. The molecule has 7 heteroatoms. The summed E-state index contributed by atoms with van der Waals surface area (Å²) in [6, 6.07) is 12.7. The van der Waals surface area contributed by atoms with Crippen molar-refractivity contribution in [3.63, 3.8) is 0 Å². The maximum atomic E-state index is 12.5. The summed E-state index contributed by atoms with van der Waals surface area (Å²) in [5, 5.41) is 7.43. The van der Waals surface area contributed by atoms with Crippen LogP contribution in [0.5, 0.6) is 0 Å². The lowest BCUT2D eigenvalue weighted by atomic mass is 10.2. The van der Waals surface area contributed by atoms with Gasteiger partial charge in [0.25, 0.3) is 5.56 Å². The minimum Gasteiger partial charge on any atom is -0.323 e. The van der Waals surface area contributed by atoms with Gasteiger partial charge in [-0.2, -0.15) is 5.10 Å². The van der Waals surface area contributed by atoms with Crippen LogP contribution >= 0.6 is 11.6 Å². The van der Waals surface area contributed by atoms with Crippen LogP contribution in [0.1, 0.15) is 13.0 Å². The number of carbonyl (C=O) groups is 1. The van der Waals surface area contributed by atoms with Crippen molar-refractivity contribution < 1.29 is 4.79 Å². The maximum absolute atomic E-state index is 12.5. The van der Waals surface area contributed by atoms with Crippen LogP contribution in [0.4, 0.5) is 5.69 Å². The summed E-state index contributed by atoms with van der Waals surface area (Å²) in [6.07, 6.45) is 3.30. The van der Waals surface area contributed by atoms with Crippen LogP contribution in [0.2, 0.25) is 5.02 Å². The zero-order valence-corrected chi connectivity index (χ0v) is 14.1. The highest BCUT2D eigenvalue weighted by atomic mass is 35.5. The van der Waals surface area contributed by atoms with Crippen molar-refractivity contribution in [2.45, 2.75) is 13.0 Å². The van der Waals surface area contributed by atoms with Crippen LogP contribution in [0.15, 0.2) is 65.7 Å². The lowest BCUT2D eigenvalue weighted by molar-refractivity contribution is -0.119. The Morgan fingerprint density at radius 2 is 1.96 bits per heavy atom. The highest BCUT2D eigenvalue weighted by molar-refractivity contribution is 6.33. The highest BCUT2D eigenvalue weighted by Crippen LogP contribution is 2.21. The summed E-state index contributed by atoms with van der Waals surface area (Å²) < 4.78 is 1.15. The molecule has 6 nitrogen and oxygen atoms in total. The molecule has 1 amide bonds. The first-order valence-electron chi connectivity index (χ1n) is 7.62. The molecule has 2 aromatic heterocycles. The van der Waals surface area contributed by atoms with E-state index in [-0.39, 0.29) is 11.5 Å². The van der Waals surface area contributed by atoms with E-state index in [4.69, 9.17) is 11.6 Å². The molecule has 0 spiro atoms. The van der Waals surface area contributed by atoms with Gasteiger partial charge in [0.2, 0.25) is 5.91 Å². The second kappa shape index (κ2) is 7.27. The van der Waals surface area contributed by atoms with Crippen LogP contribution in [0, 0.1) is 0 Å². The lowest BCUT2D eigenvalue weighted by Crippen LogP contribution is -2.33. The third-order valence-electron chi connectivity index (χ3n) is 3.66. The predicted molar refractivity (Wildman–Crippen MR) is 96.5 cm³/mol. The third kappa shape index (κ3) is 3.75. The van der Waals surface area contributed by atoms with Crippen LogP contribution < -0.4 is 10.9 Å². The van der Waals surface area contributed by atoms with Gasteiger partial charge in [-0.15, -0.1) is 0 Å². The minimum atomic E-state index is -0.805. The number of para-hydroxylation sites is 1. The van der Waals surface area contributed by atoms with Gasteiger partial charge in [0.1, 0.15) is 6.04 Å². The molecule has 0 aliphatic rings. The summed E-state index contributed by atoms with van der Waals surface area (Å²) in [5.41, 5.74) is 1.44. The second-order valence-corrected chi connectivity index (χ2v) is 5.80. The monoisotopic (exact) mass is 354 g/mol. The molecule has 0 bridgehead atoms. The van der Waals surface area contributed by atoms with Crippen molar-refractivity contribution in [1.29, 1.82) is 0 Å². The van der Waals surface area contributed by atoms with Gasteiger partial charge in [0.15, 0.2) is 0 Å². The number of halogens is 1. The fraction of sp³-hybridized carbons (Fsp3) is 0.111. The van der Waals surface area contributed by atoms with Gasteiger partial charge in [0, 0.05) is 24.0 Å². The van der Waals surface area contributed by atoms with Crippen molar-refractivity contribution >= 4 is 23.2 Å². The van der Waals surface area contributed by atoms with Gasteiger partial charge < -0.3 is 5.32 Å². The number of nitrogens with one attached hydrogen (secondary N) is 1. The zero-order chi connectivity index (χ0) is 17.8. The first-order chi connectivity index (χ1) is 12.1. The van der Waals surface area contributed by atoms with E-state index >= 15 is 0 Å². The number of carbonyl (C=O) groups excluding carboxylic acids is 1. The van der Waals surface area contributed by atoms with Crippen molar-refractivity contribution in [3.8, 4) is 11.3 Å². The zero-order valence-electron chi connectivity index (χ0n) is 13.4. The van der Waals surface area contributed by atoms with E-state index in [1.54, 1.807) is 55.7 Å². The van der Waals surface area contributed by atoms with Crippen molar-refractivity contribution in [3.05, 3.63) is 76.3 Å². The summed E-state index contributed by atoms with van der Waals surface area (Å²) in [7, 11) is 0. The van der Waals surface area contributed by atoms with Gasteiger partial charge in [-0.05, 0) is 37.3 Å². The molecule has 0 radical (unpaired) electrons. The summed E-state index contributed by atoms with van der Waals surface area (Å²) >= 11 is 6.05. The molecule has 3 rings (SSSR count). The van der Waals surface area contributed by atoms with Gasteiger partial charge >= 0.3 is 0 Å². The smallest absolute Gasteiger partial charge is 0.267 e. The Labute approximate surface area is 149 Å². The Bertz CT molecular complexity index is 957. The van der Waals surface area contributed by atoms with Gasteiger partial charge in [0.05, 0.1) is 16.4 Å². The first kappa shape index (κ1) is 16.9. The number of anilines is 1. The van der Waals surface area contributed by atoms with E-state index < -0.39 is 6.04 Å². The molecular formula is C18H15ClN4O2. The largest absolute Gasteiger partial charge is 0.323 e. The number of benzene rings is 1. The fourth-order valence-electron chi connectivity index (χ4n) is 2.28. The van der Waals surface area contributed by atoms with E-state index in [2.05, 4.69) is 15.4 Å². The Kier molecular flexibility index (Phi) is 4.90. The minimum absolute atomic E-state index is 0.366. The van der Waals surface area contributed by atoms with E-state index in [1.165, 1.54) is 6.07 Å². The van der Waals surface area contributed by atoms with Crippen molar-refractivity contribution in [1.82, 2.24) is 14.8 Å². The molecule has 0 saturated carbocycles. The number of nitrogens with zero attached hydrogens (tertiary/aromatic N) is 3. The van der Waals surface area contributed by atoms with Crippen LogP contribution in [-0.4, -0.2) is 20.7 Å². The molecule has 1 atom stereocenters. The molecular weight excluding hydrogens is 340 g/mol. The highest BCUT2D eigenvalue weighted by Gasteiger charge is 2.19. The molecule has 2 heterocycles. The SMILES string of the molecule is CC(C(=O)Nc1ccccc1Cl)n1nc(-c2cccnc2)ccc1=O. The Hall–Kier alpha value is -2.99. The standard InChI is InChI=1S/C18H15ClN4O2/c1-12(18(25)21-16-7-3-2-6-14(16)19)23-17(24)9-8-15(22-23)13-5-4-10-20-11-13/h2-12H,1H3,(H,21,25). The number of amides is 1. The normalized spacial score (nSPS) is 11.8. The summed E-state index contributed by atoms with van der Waals surface area (Å²) in [6.45, 7) is 1.60. The topological polar surface area (TPSA) is 76.9 Å². The Morgan fingerprint density at radius 3 is 2.68 bits per heavy atom. The molecule has 0 aliphatic heterocycles. The van der Waals surface area contributed by atoms with E-state index in [1.807, 2.05) is 6.07 Å². The Morgan fingerprint density at radius 1 is 1.16 bits per heavy atom. The number of pyridine rings is 1. The first-order valence-corrected chi connectivity index (χ1v) is 8.00.